The van der Waals surface area contributed by atoms with Crippen molar-refractivity contribution < 1.29 is 29.1 Å². The normalized spacial score (nSPS) is 13.6. The second-order valence-electron chi connectivity index (χ2n) is 9.67. The first kappa shape index (κ1) is 35.9. The number of carbonyl (C=O) groups excluding carboxylic acids is 4. The Labute approximate surface area is 233 Å². The molecule has 0 aliphatic carbocycles. The van der Waals surface area contributed by atoms with Crippen molar-refractivity contribution in [2.75, 3.05) is 19.6 Å². The second-order valence-corrected chi connectivity index (χ2v) is 9.67. The summed E-state index contributed by atoms with van der Waals surface area (Å²) in [6, 6.07) is -4.13. The van der Waals surface area contributed by atoms with E-state index in [0.29, 0.717) is 19.4 Å². The number of aliphatic carboxylic acids is 1. The molecule has 228 valence electrons. The molecule has 0 heterocycles. The average molecular weight is 572 g/mol. The maximum atomic E-state index is 13.1. The van der Waals surface area contributed by atoms with Gasteiger partial charge in [0.2, 0.25) is 23.6 Å². The summed E-state index contributed by atoms with van der Waals surface area (Å²) < 4.78 is 0. The van der Waals surface area contributed by atoms with Gasteiger partial charge < -0.3 is 54.2 Å². The highest BCUT2D eigenvalue weighted by Crippen LogP contribution is 2.07. The molecule has 0 aromatic heterocycles. The molecule has 0 rings (SSSR count). The van der Waals surface area contributed by atoms with Crippen LogP contribution >= 0.6 is 0 Å². The second kappa shape index (κ2) is 19.0. The van der Waals surface area contributed by atoms with E-state index >= 15 is 0 Å². The fourth-order valence-electron chi connectivity index (χ4n) is 3.42. The van der Waals surface area contributed by atoms with Gasteiger partial charge in [-0.2, -0.15) is 0 Å². The zero-order valence-electron chi connectivity index (χ0n) is 23.3. The number of rotatable bonds is 19. The van der Waals surface area contributed by atoms with E-state index in [2.05, 4.69) is 31.9 Å². The first-order chi connectivity index (χ1) is 18.6. The molecule has 0 bridgehead atoms. The maximum absolute atomic E-state index is 13.1. The van der Waals surface area contributed by atoms with E-state index in [1.165, 1.54) is 6.92 Å². The molecule has 15 N–H and O–H groups in total. The first-order valence-corrected chi connectivity index (χ1v) is 13.0. The summed E-state index contributed by atoms with van der Waals surface area (Å²) in [4.78, 5) is 61.8. The number of amides is 4. The summed E-state index contributed by atoms with van der Waals surface area (Å²) in [5.74, 6) is -4.34. The highest BCUT2D eigenvalue weighted by atomic mass is 16.4. The Kier molecular flexibility index (Phi) is 17.0. The topological polar surface area (TPSA) is 304 Å². The van der Waals surface area contributed by atoms with E-state index in [1.54, 1.807) is 0 Å². The van der Waals surface area contributed by atoms with E-state index in [-0.39, 0.29) is 43.6 Å². The lowest BCUT2D eigenvalue weighted by Crippen LogP contribution is -2.57. The van der Waals surface area contributed by atoms with Crippen LogP contribution in [0.4, 0.5) is 0 Å². The van der Waals surface area contributed by atoms with Crippen LogP contribution in [0.15, 0.2) is 0 Å². The van der Waals surface area contributed by atoms with Gasteiger partial charge in [0.05, 0.1) is 6.04 Å². The van der Waals surface area contributed by atoms with Crippen molar-refractivity contribution in [2.24, 2.45) is 23.1 Å². The smallest absolute Gasteiger partial charge is 0.322 e. The van der Waals surface area contributed by atoms with E-state index in [0.717, 1.165) is 0 Å². The minimum atomic E-state index is -1.24. The number of carboxylic acids is 1. The largest absolute Gasteiger partial charge is 0.480 e. The van der Waals surface area contributed by atoms with Crippen LogP contribution in [0.3, 0.4) is 0 Å². The van der Waals surface area contributed by atoms with Gasteiger partial charge in [-0.1, -0.05) is 13.8 Å². The maximum Gasteiger partial charge on any atom is 0.322 e. The molecule has 4 amide bonds. The number of hydrogen-bond donors (Lipinski definition) is 12. The molecule has 17 heteroatoms. The van der Waals surface area contributed by atoms with Crippen LogP contribution in [0.25, 0.3) is 0 Å². The molecule has 0 aliphatic rings. The summed E-state index contributed by atoms with van der Waals surface area (Å²) >= 11 is 0. The summed E-state index contributed by atoms with van der Waals surface area (Å²) in [6.45, 7) is 5.05. The molecular formula is C23H45N11O6. The summed E-state index contributed by atoms with van der Waals surface area (Å²) in [5.41, 5.74) is 16.3. The Morgan fingerprint density at radius 3 is 1.75 bits per heavy atom. The molecule has 0 fully saturated rings. The Morgan fingerprint density at radius 1 is 0.725 bits per heavy atom. The van der Waals surface area contributed by atoms with Crippen molar-refractivity contribution in [1.29, 1.82) is 10.8 Å². The standard InChI is InChI=1S/C23H45N11O6/c1-12(2)10-16(20(39)31-11-17(35)36)34-21(40)15(7-5-9-30-23(27)28)33-18(37)13(3)32-19(38)14(24)6-4-8-29-22(25)26/h12-16H,4-11,24H2,1-3H3,(H,31,39)(H,32,38)(H,33,37)(H,34,40)(H,35,36)(H4,25,26,29)(H4,27,28,30)/t13-,14-,15-,16-/m0/s1. The number of carboxylic acid groups (broad SMARTS) is 1. The molecule has 0 spiro atoms. The number of hydrogen-bond acceptors (Lipinski definition) is 8. The Morgan fingerprint density at radius 2 is 1.25 bits per heavy atom. The third-order valence-electron chi connectivity index (χ3n) is 5.47. The summed E-state index contributed by atoms with van der Waals surface area (Å²) in [5, 5.41) is 38.3. The van der Waals surface area contributed by atoms with Crippen LogP contribution in [0, 0.1) is 16.7 Å². The van der Waals surface area contributed by atoms with Crippen LogP contribution in [0.2, 0.25) is 0 Å². The predicted octanol–water partition coefficient (Wildman–Crippen LogP) is -3.44. The van der Waals surface area contributed by atoms with Crippen LogP contribution in [-0.2, 0) is 24.0 Å². The van der Waals surface area contributed by atoms with Gasteiger partial charge in [-0.25, -0.2) is 0 Å². The Hall–Kier alpha value is -4.15. The van der Waals surface area contributed by atoms with Gasteiger partial charge in [-0.05, 0) is 44.9 Å². The van der Waals surface area contributed by atoms with Gasteiger partial charge >= 0.3 is 5.97 Å². The van der Waals surface area contributed by atoms with Crippen molar-refractivity contribution in [3.05, 3.63) is 0 Å². The van der Waals surface area contributed by atoms with Crippen molar-refractivity contribution in [2.45, 2.75) is 77.0 Å². The monoisotopic (exact) mass is 571 g/mol. The number of guanidine groups is 2. The van der Waals surface area contributed by atoms with E-state index < -0.39 is 60.3 Å². The van der Waals surface area contributed by atoms with Crippen molar-refractivity contribution >= 4 is 41.5 Å². The SMILES string of the molecule is CC(C)C[C@H](NC(=O)[C@H](CCCNC(=N)N)NC(=O)[C@H](C)NC(=O)[C@@H](N)CCCNC(=N)N)C(=O)NCC(=O)O. The minimum Gasteiger partial charge on any atom is -0.480 e. The van der Waals surface area contributed by atoms with Gasteiger partial charge in [0.1, 0.15) is 24.7 Å². The first-order valence-electron chi connectivity index (χ1n) is 13.0. The molecule has 0 aromatic carbocycles. The van der Waals surface area contributed by atoms with Crippen molar-refractivity contribution in [1.82, 2.24) is 31.9 Å². The minimum absolute atomic E-state index is 0.0219. The van der Waals surface area contributed by atoms with Crippen molar-refractivity contribution in [3.8, 4) is 0 Å². The van der Waals surface area contributed by atoms with E-state index in [9.17, 15) is 24.0 Å². The fourth-order valence-corrected chi connectivity index (χ4v) is 3.42. The zero-order chi connectivity index (χ0) is 30.8. The molecule has 0 saturated carbocycles. The highest BCUT2D eigenvalue weighted by molar-refractivity contribution is 5.95. The average Bonchev–Trinajstić information content (AvgIpc) is 2.85. The van der Waals surface area contributed by atoms with Gasteiger partial charge in [0.25, 0.3) is 0 Å². The number of nitrogens with two attached hydrogens (primary N) is 3. The molecule has 0 radical (unpaired) electrons. The molecule has 0 aliphatic heterocycles. The van der Waals surface area contributed by atoms with Crippen LogP contribution < -0.4 is 49.1 Å². The van der Waals surface area contributed by atoms with E-state index in [4.69, 9.17) is 33.1 Å². The Balaban J connectivity index is 5.33. The van der Waals surface area contributed by atoms with Crippen molar-refractivity contribution in [3.63, 3.8) is 0 Å². The fraction of sp³-hybridized carbons (Fsp3) is 0.696. The third kappa shape index (κ3) is 16.6. The lowest BCUT2D eigenvalue weighted by atomic mass is 10.0. The molecule has 40 heavy (non-hydrogen) atoms. The molecule has 4 atom stereocenters. The van der Waals surface area contributed by atoms with Gasteiger partial charge in [0.15, 0.2) is 11.9 Å². The number of carbonyl (C=O) groups is 5. The van der Waals surface area contributed by atoms with Crippen LogP contribution in [0.5, 0.6) is 0 Å². The van der Waals surface area contributed by atoms with Crippen LogP contribution in [0.1, 0.15) is 52.9 Å². The molecule has 0 aromatic rings. The summed E-state index contributed by atoms with van der Waals surface area (Å²) in [7, 11) is 0. The molecule has 0 unspecified atom stereocenters. The summed E-state index contributed by atoms with van der Waals surface area (Å²) in [6.07, 6.45) is 1.37. The van der Waals surface area contributed by atoms with Gasteiger partial charge in [0, 0.05) is 13.1 Å². The Bertz CT molecular complexity index is 899. The highest BCUT2D eigenvalue weighted by Gasteiger charge is 2.29. The molecule has 0 saturated heterocycles. The third-order valence-corrected chi connectivity index (χ3v) is 5.47. The molecule has 17 nitrogen and oxygen atoms in total. The zero-order valence-corrected chi connectivity index (χ0v) is 23.3. The van der Waals surface area contributed by atoms with Gasteiger partial charge in [-0.15, -0.1) is 0 Å². The van der Waals surface area contributed by atoms with E-state index in [1.807, 2.05) is 13.8 Å². The predicted molar refractivity (Wildman–Crippen MR) is 148 cm³/mol. The lowest BCUT2D eigenvalue weighted by Gasteiger charge is -2.25. The number of nitrogens with one attached hydrogen (secondary N) is 8. The van der Waals surface area contributed by atoms with Gasteiger partial charge in [-0.3, -0.25) is 34.8 Å². The van der Waals surface area contributed by atoms with Crippen LogP contribution in [-0.4, -0.2) is 90.4 Å². The lowest BCUT2D eigenvalue weighted by molar-refractivity contribution is -0.138. The molecular weight excluding hydrogens is 526 g/mol. The quantitative estimate of drug-likeness (QED) is 0.0411.